The molecule has 0 saturated carbocycles. The fourth-order valence-corrected chi connectivity index (χ4v) is 4.34. The van der Waals surface area contributed by atoms with Crippen LogP contribution in [0.15, 0.2) is 6.20 Å². The number of aryl methyl sites for hydroxylation is 1. The topological polar surface area (TPSA) is 68.3 Å². The van der Waals surface area contributed by atoms with Crippen molar-refractivity contribution in [2.75, 3.05) is 18.6 Å². The average Bonchev–Trinajstić information content (AvgIpc) is 2.37. The van der Waals surface area contributed by atoms with Crippen molar-refractivity contribution in [2.24, 2.45) is 0 Å². The lowest BCUT2D eigenvalue weighted by Gasteiger charge is -2.23. The molecular formula is C14H22N2O3S. The average molecular weight is 298 g/mol. The van der Waals surface area contributed by atoms with Crippen molar-refractivity contribution in [3.8, 4) is 5.75 Å². The molecule has 0 aromatic carbocycles. The molecular weight excluding hydrogens is 276 g/mol. The second-order valence-electron chi connectivity index (χ2n) is 5.38. The van der Waals surface area contributed by atoms with Crippen LogP contribution in [0.1, 0.15) is 29.7 Å². The highest BCUT2D eigenvalue weighted by molar-refractivity contribution is 7.91. The van der Waals surface area contributed by atoms with E-state index in [9.17, 15) is 8.42 Å². The molecule has 1 aromatic heterocycles. The van der Waals surface area contributed by atoms with E-state index in [0.29, 0.717) is 12.3 Å². The van der Waals surface area contributed by atoms with Crippen molar-refractivity contribution in [1.29, 1.82) is 0 Å². The number of rotatable bonds is 4. The van der Waals surface area contributed by atoms with Gasteiger partial charge in [-0.2, -0.15) is 0 Å². The summed E-state index contributed by atoms with van der Waals surface area (Å²) in [6, 6.07) is 0.0299. The number of sulfone groups is 1. The van der Waals surface area contributed by atoms with E-state index in [2.05, 4.69) is 10.3 Å². The number of pyridine rings is 1. The summed E-state index contributed by atoms with van der Waals surface area (Å²) in [5.41, 5.74) is 2.93. The highest BCUT2D eigenvalue weighted by atomic mass is 32.2. The Kier molecular flexibility index (Phi) is 4.65. The Hall–Kier alpha value is -1.14. The summed E-state index contributed by atoms with van der Waals surface area (Å²) in [7, 11) is -1.22. The van der Waals surface area contributed by atoms with Gasteiger partial charge in [-0.15, -0.1) is 0 Å². The van der Waals surface area contributed by atoms with Crippen molar-refractivity contribution in [2.45, 2.75) is 39.3 Å². The second-order valence-corrected chi connectivity index (χ2v) is 7.61. The van der Waals surface area contributed by atoms with E-state index in [0.717, 1.165) is 35.4 Å². The van der Waals surface area contributed by atoms with Crippen LogP contribution in [0.3, 0.4) is 0 Å². The molecule has 1 aliphatic heterocycles. The number of nitrogens with one attached hydrogen (secondary N) is 1. The highest BCUT2D eigenvalue weighted by Crippen LogP contribution is 2.24. The van der Waals surface area contributed by atoms with Gasteiger partial charge in [0.15, 0.2) is 9.84 Å². The van der Waals surface area contributed by atoms with Gasteiger partial charge in [0.05, 0.1) is 24.3 Å². The summed E-state index contributed by atoms with van der Waals surface area (Å²) in [5, 5.41) is 3.31. The Bertz CT molecular complexity index is 584. The third-order valence-electron chi connectivity index (χ3n) is 3.77. The zero-order chi connectivity index (χ0) is 14.8. The molecule has 1 aliphatic rings. The monoisotopic (exact) mass is 298 g/mol. The molecule has 6 heteroatoms. The summed E-state index contributed by atoms with van der Waals surface area (Å²) in [5.74, 6) is 1.41. The van der Waals surface area contributed by atoms with Crippen molar-refractivity contribution in [3.63, 3.8) is 0 Å². The fraction of sp³-hybridized carbons (Fsp3) is 0.643. The lowest BCUT2D eigenvalue weighted by atomic mass is 10.1. The van der Waals surface area contributed by atoms with Crippen molar-refractivity contribution in [3.05, 3.63) is 23.0 Å². The lowest BCUT2D eigenvalue weighted by Crippen LogP contribution is -2.40. The van der Waals surface area contributed by atoms with Crippen LogP contribution in [0.2, 0.25) is 0 Å². The van der Waals surface area contributed by atoms with Crippen molar-refractivity contribution in [1.82, 2.24) is 10.3 Å². The van der Waals surface area contributed by atoms with Gasteiger partial charge in [-0.3, -0.25) is 4.98 Å². The first-order chi connectivity index (χ1) is 9.43. The molecule has 0 bridgehead atoms. The Balaban J connectivity index is 2.04. The Morgan fingerprint density at radius 2 is 2.20 bits per heavy atom. The van der Waals surface area contributed by atoms with Gasteiger partial charge in [-0.1, -0.05) is 0 Å². The quantitative estimate of drug-likeness (QED) is 0.909. The summed E-state index contributed by atoms with van der Waals surface area (Å²) >= 11 is 0. The Morgan fingerprint density at radius 3 is 2.85 bits per heavy atom. The van der Waals surface area contributed by atoms with E-state index in [4.69, 9.17) is 4.74 Å². The molecule has 0 aliphatic carbocycles. The first-order valence-corrected chi connectivity index (χ1v) is 8.68. The third kappa shape index (κ3) is 3.49. The minimum Gasteiger partial charge on any atom is -0.496 e. The van der Waals surface area contributed by atoms with Gasteiger partial charge in [-0.05, 0) is 26.7 Å². The van der Waals surface area contributed by atoms with E-state index < -0.39 is 9.84 Å². The minimum atomic E-state index is -2.87. The Morgan fingerprint density at radius 1 is 1.45 bits per heavy atom. The molecule has 1 fully saturated rings. The molecule has 2 rings (SSSR count). The largest absolute Gasteiger partial charge is 0.496 e. The standard InChI is InChI=1S/C14H22N2O3S/c1-10-7-16-13(11(2)14(10)19-3)8-15-12-5-4-6-20(17,18)9-12/h7,12,15H,4-6,8-9H2,1-3H3. The molecule has 112 valence electrons. The van der Waals surface area contributed by atoms with Crippen LogP contribution in [-0.2, 0) is 16.4 Å². The molecule has 2 heterocycles. The Labute approximate surface area is 120 Å². The summed E-state index contributed by atoms with van der Waals surface area (Å²) in [6.45, 7) is 4.51. The van der Waals surface area contributed by atoms with Crippen LogP contribution < -0.4 is 10.1 Å². The second kappa shape index (κ2) is 6.10. The SMILES string of the molecule is COc1c(C)cnc(CNC2CCCS(=O)(=O)C2)c1C. The van der Waals surface area contributed by atoms with Crippen molar-refractivity contribution < 1.29 is 13.2 Å². The molecule has 1 aromatic rings. The number of aromatic nitrogens is 1. The van der Waals surface area contributed by atoms with Gasteiger partial charge in [0.2, 0.25) is 0 Å². The van der Waals surface area contributed by atoms with Crippen LogP contribution in [0, 0.1) is 13.8 Å². The minimum absolute atomic E-state index is 0.0299. The normalized spacial score (nSPS) is 21.6. The number of ether oxygens (including phenoxy) is 1. The number of nitrogens with zero attached hydrogens (tertiary/aromatic N) is 1. The van der Waals surface area contributed by atoms with Crippen LogP contribution in [0.4, 0.5) is 0 Å². The molecule has 1 unspecified atom stereocenters. The summed E-state index contributed by atoms with van der Waals surface area (Å²) in [4.78, 5) is 4.42. The highest BCUT2D eigenvalue weighted by Gasteiger charge is 2.24. The maximum Gasteiger partial charge on any atom is 0.151 e. The number of methoxy groups -OCH3 is 1. The maximum atomic E-state index is 11.6. The first kappa shape index (κ1) is 15.3. The molecule has 1 N–H and O–H groups in total. The molecule has 20 heavy (non-hydrogen) atoms. The van der Waals surface area contributed by atoms with Gasteiger partial charge in [0.25, 0.3) is 0 Å². The molecule has 0 spiro atoms. The van der Waals surface area contributed by atoms with E-state index in [1.165, 1.54) is 0 Å². The fourth-order valence-electron chi connectivity index (χ4n) is 2.67. The van der Waals surface area contributed by atoms with Gasteiger partial charge in [0.1, 0.15) is 5.75 Å². The number of hydrogen-bond donors (Lipinski definition) is 1. The molecule has 0 radical (unpaired) electrons. The van der Waals surface area contributed by atoms with Gasteiger partial charge >= 0.3 is 0 Å². The predicted molar refractivity (Wildman–Crippen MR) is 78.8 cm³/mol. The summed E-state index contributed by atoms with van der Waals surface area (Å²) < 4.78 is 28.6. The van der Waals surface area contributed by atoms with Crippen LogP contribution in [-0.4, -0.2) is 38.1 Å². The third-order valence-corrected chi connectivity index (χ3v) is 5.59. The van der Waals surface area contributed by atoms with E-state index in [-0.39, 0.29) is 11.8 Å². The first-order valence-electron chi connectivity index (χ1n) is 6.86. The predicted octanol–water partition coefficient (Wildman–Crippen LogP) is 1.37. The molecule has 1 saturated heterocycles. The zero-order valence-electron chi connectivity index (χ0n) is 12.3. The number of hydrogen-bond acceptors (Lipinski definition) is 5. The van der Waals surface area contributed by atoms with Crippen LogP contribution in [0.25, 0.3) is 0 Å². The molecule has 1 atom stereocenters. The van der Waals surface area contributed by atoms with Gasteiger partial charge < -0.3 is 10.1 Å². The van der Waals surface area contributed by atoms with E-state index >= 15 is 0 Å². The smallest absolute Gasteiger partial charge is 0.151 e. The lowest BCUT2D eigenvalue weighted by molar-refractivity contribution is 0.405. The molecule has 0 amide bonds. The van der Waals surface area contributed by atoms with E-state index in [1.54, 1.807) is 13.3 Å². The van der Waals surface area contributed by atoms with Crippen molar-refractivity contribution >= 4 is 9.84 Å². The van der Waals surface area contributed by atoms with E-state index in [1.807, 2.05) is 13.8 Å². The maximum absolute atomic E-state index is 11.6. The zero-order valence-corrected chi connectivity index (χ0v) is 13.1. The van der Waals surface area contributed by atoms with Crippen LogP contribution in [0.5, 0.6) is 5.75 Å². The van der Waals surface area contributed by atoms with Gasteiger partial charge in [0, 0.05) is 29.9 Å². The van der Waals surface area contributed by atoms with Crippen LogP contribution >= 0.6 is 0 Å². The van der Waals surface area contributed by atoms with Gasteiger partial charge in [-0.25, -0.2) is 8.42 Å². The molecule has 5 nitrogen and oxygen atoms in total. The summed E-state index contributed by atoms with van der Waals surface area (Å²) in [6.07, 6.45) is 3.44.